The number of hydrogen-bond acceptors (Lipinski definition) is 5. The van der Waals surface area contributed by atoms with E-state index in [0.29, 0.717) is 23.7 Å². The van der Waals surface area contributed by atoms with Crippen molar-refractivity contribution in [2.45, 2.75) is 103 Å². The Kier molecular flexibility index (Phi) is 4.83. The number of carbonyl (C=O) groups excluding carboxylic acids is 1. The number of Topliss-reactive ketones (excluding diaryl/α,β-unsaturated/α-hetero) is 1. The highest BCUT2D eigenvalue weighted by Crippen LogP contribution is 2.70. The van der Waals surface area contributed by atoms with Gasteiger partial charge in [-0.2, -0.15) is 0 Å². The van der Waals surface area contributed by atoms with Gasteiger partial charge in [-0.25, -0.2) is 0 Å². The van der Waals surface area contributed by atoms with Crippen LogP contribution in [0.4, 0.5) is 0 Å². The molecule has 6 rings (SSSR count). The van der Waals surface area contributed by atoms with E-state index in [1.165, 1.54) is 0 Å². The molecule has 2 saturated heterocycles. The van der Waals surface area contributed by atoms with Crippen LogP contribution in [0.5, 0.6) is 0 Å². The Bertz CT molecular complexity index is 789. The fourth-order valence-electron chi connectivity index (χ4n) is 10.0. The Balaban J connectivity index is 1.34. The average molecular weight is 447 g/mol. The predicted molar refractivity (Wildman–Crippen MR) is 120 cm³/mol. The van der Waals surface area contributed by atoms with E-state index in [2.05, 4.69) is 27.7 Å². The molecule has 0 amide bonds. The topological polar surface area (TPSA) is 76.0 Å². The minimum absolute atomic E-state index is 0.0725. The second-order valence-corrected chi connectivity index (χ2v) is 13.1. The molecule has 4 aliphatic carbocycles. The molecule has 0 unspecified atom stereocenters. The molecule has 5 heteroatoms. The number of ketones is 1. The van der Waals surface area contributed by atoms with Crippen molar-refractivity contribution in [1.29, 1.82) is 0 Å². The van der Waals surface area contributed by atoms with Crippen molar-refractivity contribution in [2.75, 3.05) is 6.61 Å². The van der Waals surface area contributed by atoms with Crippen LogP contribution in [0.25, 0.3) is 0 Å². The van der Waals surface area contributed by atoms with E-state index in [1.807, 2.05) is 0 Å². The fourth-order valence-corrected chi connectivity index (χ4v) is 10.0. The average Bonchev–Trinajstić information content (AvgIpc) is 3.20. The van der Waals surface area contributed by atoms with Crippen LogP contribution in [0.3, 0.4) is 0 Å². The van der Waals surface area contributed by atoms with Crippen LogP contribution in [0.15, 0.2) is 0 Å². The normalized spacial score (nSPS) is 61.8. The zero-order chi connectivity index (χ0) is 22.6. The van der Waals surface area contributed by atoms with Gasteiger partial charge in [0.2, 0.25) is 0 Å². The summed E-state index contributed by atoms with van der Waals surface area (Å²) in [6.45, 7) is 9.70. The van der Waals surface area contributed by atoms with E-state index in [9.17, 15) is 15.0 Å². The standard InChI is InChI=1S/C27H42O5/c1-14-7-10-27(31-13-14)15(2)21-20(32-27)12-19-18-6-5-16-11-17(28)8-9-25(16,3)22(18)23(29)24(30)26(19,21)4/h14-22,24,28,30H,5-13H2,1-4H3/t14-,15+,16+,17+,18+,19+,20+,21+,22-,24-,25+,26+,27-/m1/s1. The lowest BCUT2D eigenvalue weighted by atomic mass is 9.43. The summed E-state index contributed by atoms with van der Waals surface area (Å²) >= 11 is 0. The summed E-state index contributed by atoms with van der Waals surface area (Å²) < 4.78 is 13.1. The molecule has 13 atom stereocenters. The van der Waals surface area contributed by atoms with Gasteiger partial charge in [-0.3, -0.25) is 4.79 Å². The molecule has 0 bridgehead atoms. The third-order valence-corrected chi connectivity index (χ3v) is 11.8. The van der Waals surface area contributed by atoms with Crippen LogP contribution in [-0.4, -0.2) is 46.7 Å². The van der Waals surface area contributed by atoms with Gasteiger partial charge < -0.3 is 19.7 Å². The number of rotatable bonds is 0. The molecule has 180 valence electrons. The maximum absolute atomic E-state index is 14.0. The van der Waals surface area contributed by atoms with E-state index < -0.39 is 17.3 Å². The minimum atomic E-state index is -0.921. The molecular weight excluding hydrogens is 404 g/mol. The van der Waals surface area contributed by atoms with Crippen LogP contribution >= 0.6 is 0 Å². The molecule has 1 spiro atoms. The van der Waals surface area contributed by atoms with Gasteiger partial charge in [-0.1, -0.05) is 27.7 Å². The molecule has 0 aromatic heterocycles. The quantitative estimate of drug-likeness (QED) is 0.589. The molecule has 2 heterocycles. The maximum atomic E-state index is 14.0. The van der Waals surface area contributed by atoms with Gasteiger partial charge in [-0.15, -0.1) is 0 Å². The number of ether oxygens (including phenoxy) is 2. The second kappa shape index (κ2) is 7.02. The largest absolute Gasteiger partial charge is 0.393 e. The van der Waals surface area contributed by atoms with Gasteiger partial charge in [0.05, 0.1) is 18.8 Å². The van der Waals surface area contributed by atoms with E-state index in [-0.39, 0.29) is 41.2 Å². The second-order valence-electron chi connectivity index (χ2n) is 13.1. The molecule has 32 heavy (non-hydrogen) atoms. The van der Waals surface area contributed by atoms with E-state index in [4.69, 9.17) is 9.47 Å². The Morgan fingerprint density at radius 1 is 1.00 bits per heavy atom. The van der Waals surface area contributed by atoms with Gasteiger partial charge in [-0.05, 0) is 74.0 Å². The molecule has 4 saturated carbocycles. The first-order chi connectivity index (χ1) is 15.1. The first-order valence-corrected chi connectivity index (χ1v) is 13.3. The fraction of sp³-hybridized carbons (Fsp3) is 0.963. The smallest absolute Gasteiger partial charge is 0.171 e. The van der Waals surface area contributed by atoms with Crippen molar-refractivity contribution in [2.24, 2.45) is 52.3 Å². The van der Waals surface area contributed by atoms with Crippen LogP contribution in [0.1, 0.15) is 79.1 Å². The molecule has 5 nitrogen and oxygen atoms in total. The monoisotopic (exact) mass is 446 g/mol. The van der Waals surface area contributed by atoms with Gasteiger partial charge >= 0.3 is 0 Å². The molecule has 0 radical (unpaired) electrons. The summed E-state index contributed by atoms with van der Waals surface area (Å²) in [5.41, 5.74) is -0.523. The SMILES string of the molecule is C[C@@H]1CC[C@@]2(OC1)O[C@H]1C[C@H]3[C@@H]4CC[C@H]5C[C@@H](O)CC[C@]5(C)[C@H]4C(=O)[C@@H](O)[C@]3(C)[C@H]1[C@@H]2C. The predicted octanol–water partition coefficient (Wildman–Crippen LogP) is 3.94. The van der Waals surface area contributed by atoms with Gasteiger partial charge in [0.15, 0.2) is 11.6 Å². The number of aliphatic hydroxyl groups is 2. The van der Waals surface area contributed by atoms with Crippen molar-refractivity contribution in [3.63, 3.8) is 0 Å². The summed E-state index contributed by atoms with van der Waals surface area (Å²) in [6, 6.07) is 0. The van der Waals surface area contributed by atoms with Crippen LogP contribution in [-0.2, 0) is 14.3 Å². The van der Waals surface area contributed by atoms with Crippen LogP contribution < -0.4 is 0 Å². The van der Waals surface area contributed by atoms with Crippen molar-refractivity contribution in [3.05, 3.63) is 0 Å². The first kappa shape index (κ1) is 22.0. The van der Waals surface area contributed by atoms with Crippen molar-refractivity contribution >= 4 is 5.78 Å². The molecule has 0 aromatic carbocycles. The Labute approximate surface area is 192 Å². The van der Waals surface area contributed by atoms with Crippen molar-refractivity contribution in [3.8, 4) is 0 Å². The third-order valence-electron chi connectivity index (χ3n) is 11.8. The molecule has 2 N–H and O–H groups in total. The lowest BCUT2D eigenvalue weighted by Crippen LogP contribution is -2.64. The number of aliphatic hydroxyl groups excluding tert-OH is 2. The molecule has 2 aliphatic heterocycles. The molecule has 0 aromatic rings. The van der Waals surface area contributed by atoms with Gasteiger partial charge in [0.1, 0.15) is 6.10 Å². The number of fused-ring (bicyclic) bond motifs is 7. The molecular formula is C27H42O5. The lowest BCUT2D eigenvalue weighted by molar-refractivity contribution is -0.273. The summed E-state index contributed by atoms with van der Waals surface area (Å²) in [5.74, 6) is 1.45. The van der Waals surface area contributed by atoms with Gasteiger partial charge in [0.25, 0.3) is 0 Å². The third kappa shape index (κ3) is 2.63. The first-order valence-electron chi connectivity index (χ1n) is 13.3. The zero-order valence-electron chi connectivity index (χ0n) is 20.3. The zero-order valence-corrected chi connectivity index (χ0v) is 20.3. The number of carbonyl (C=O) groups is 1. The highest BCUT2D eigenvalue weighted by atomic mass is 16.7. The highest BCUT2D eigenvalue weighted by molar-refractivity contribution is 5.88. The van der Waals surface area contributed by atoms with E-state index in [1.54, 1.807) is 0 Å². The minimum Gasteiger partial charge on any atom is -0.393 e. The summed E-state index contributed by atoms with van der Waals surface area (Å²) in [7, 11) is 0. The summed E-state index contributed by atoms with van der Waals surface area (Å²) in [5, 5.41) is 22.0. The number of hydrogen-bond donors (Lipinski definition) is 2. The molecule has 6 aliphatic rings. The Morgan fingerprint density at radius 3 is 2.50 bits per heavy atom. The summed E-state index contributed by atoms with van der Waals surface area (Å²) in [4.78, 5) is 14.0. The molecule has 6 fully saturated rings. The Hall–Kier alpha value is -0.490. The van der Waals surface area contributed by atoms with Crippen molar-refractivity contribution < 1.29 is 24.5 Å². The van der Waals surface area contributed by atoms with Crippen LogP contribution in [0, 0.1) is 52.3 Å². The van der Waals surface area contributed by atoms with E-state index >= 15 is 0 Å². The Morgan fingerprint density at radius 2 is 1.78 bits per heavy atom. The maximum Gasteiger partial charge on any atom is 0.171 e. The highest BCUT2D eigenvalue weighted by Gasteiger charge is 2.73. The van der Waals surface area contributed by atoms with E-state index in [0.717, 1.165) is 58.0 Å². The lowest BCUT2D eigenvalue weighted by Gasteiger charge is -2.61. The summed E-state index contributed by atoms with van der Waals surface area (Å²) in [6.07, 6.45) is 6.54. The van der Waals surface area contributed by atoms with Gasteiger partial charge in [0, 0.05) is 29.6 Å². The van der Waals surface area contributed by atoms with Crippen molar-refractivity contribution in [1.82, 2.24) is 0 Å². The van der Waals surface area contributed by atoms with Crippen LogP contribution in [0.2, 0.25) is 0 Å².